The van der Waals surface area contributed by atoms with Crippen LogP contribution >= 0.6 is 11.3 Å². The van der Waals surface area contributed by atoms with Crippen LogP contribution in [-0.4, -0.2) is 6.61 Å². The topological polar surface area (TPSA) is 21.3 Å². The van der Waals surface area contributed by atoms with E-state index in [0.717, 1.165) is 13.0 Å². The summed E-state index contributed by atoms with van der Waals surface area (Å²) in [4.78, 5) is 2.82. The van der Waals surface area contributed by atoms with Crippen LogP contribution in [0.25, 0.3) is 0 Å². The number of rotatable bonds is 7. The average Bonchev–Trinajstić information content (AvgIpc) is 2.95. The third-order valence-electron chi connectivity index (χ3n) is 3.31. The molecule has 0 bridgehead atoms. The summed E-state index contributed by atoms with van der Waals surface area (Å²) in [6.45, 7) is 7.84. The number of thiophene rings is 1. The number of hydrogen-bond acceptors (Lipinski definition) is 3. The summed E-state index contributed by atoms with van der Waals surface area (Å²) in [6, 6.07) is 13.1. The van der Waals surface area contributed by atoms with Gasteiger partial charge >= 0.3 is 0 Å². The first-order valence-corrected chi connectivity index (χ1v) is 8.07. The van der Waals surface area contributed by atoms with E-state index in [0.29, 0.717) is 12.6 Å². The van der Waals surface area contributed by atoms with Crippen LogP contribution in [0.2, 0.25) is 0 Å². The van der Waals surface area contributed by atoms with E-state index in [4.69, 9.17) is 4.74 Å². The monoisotopic (exact) mass is 289 g/mol. The summed E-state index contributed by atoms with van der Waals surface area (Å²) >= 11 is 1.89. The Labute approximate surface area is 125 Å². The van der Waals surface area contributed by atoms with Gasteiger partial charge in [0.1, 0.15) is 0 Å². The second-order valence-electron chi connectivity index (χ2n) is 4.82. The van der Waals surface area contributed by atoms with Crippen molar-refractivity contribution in [1.29, 1.82) is 0 Å². The maximum absolute atomic E-state index is 5.53. The highest BCUT2D eigenvalue weighted by Gasteiger charge is 2.10. The lowest BCUT2D eigenvalue weighted by molar-refractivity contribution is 0.134. The number of anilines is 1. The highest BCUT2D eigenvalue weighted by molar-refractivity contribution is 7.12. The molecule has 1 atom stereocenters. The van der Waals surface area contributed by atoms with Crippen molar-refractivity contribution in [2.75, 3.05) is 11.9 Å². The zero-order valence-corrected chi connectivity index (χ0v) is 13.3. The Balaban J connectivity index is 2.08. The largest absolute Gasteiger partial charge is 0.377 e. The number of ether oxygens (including phenoxy) is 1. The Kier molecular flexibility index (Phi) is 5.62. The van der Waals surface area contributed by atoms with Gasteiger partial charge in [-0.3, -0.25) is 0 Å². The number of para-hydroxylation sites is 1. The van der Waals surface area contributed by atoms with Crippen molar-refractivity contribution in [1.82, 2.24) is 0 Å². The van der Waals surface area contributed by atoms with E-state index >= 15 is 0 Å². The molecule has 0 fully saturated rings. The van der Waals surface area contributed by atoms with Gasteiger partial charge in [-0.2, -0.15) is 0 Å². The minimum Gasteiger partial charge on any atom is -0.377 e. The normalized spacial score (nSPS) is 12.3. The highest BCUT2D eigenvalue weighted by atomic mass is 32.1. The molecule has 20 heavy (non-hydrogen) atoms. The predicted molar refractivity (Wildman–Crippen MR) is 87.5 cm³/mol. The van der Waals surface area contributed by atoms with E-state index in [1.807, 2.05) is 18.3 Å². The van der Waals surface area contributed by atoms with Crippen molar-refractivity contribution in [2.24, 2.45) is 0 Å². The quantitative estimate of drug-likeness (QED) is 0.772. The molecule has 1 aromatic carbocycles. The van der Waals surface area contributed by atoms with E-state index in [-0.39, 0.29) is 0 Å². The van der Waals surface area contributed by atoms with Gasteiger partial charge in [-0.1, -0.05) is 25.1 Å². The zero-order chi connectivity index (χ0) is 14.4. The Morgan fingerprint density at radius 2 is 1.95 bits per heavy atom. The van der Waals surface area contributed by atoms with Gasteiger partial charge in [-0.05, 0) is 38.5 Å². The Hall–Kier alpha value is -1.32. The van der Waals surface area contributed by atoms with Gasteiger partial charge in [0.05, 0.1) is 12.6 Å². The first kappa shape index (κ1) is 15.1. The van der Waals surface area contributed by atoms with Crippen LogP contribution in [0.1, 0.15) is 42.1 Å². The molecular weight excluding hydrogens is 266 g/mol. The number of hydrogen-bond donors (Lipinski definition) is 1. The van der Waals surface area contributed by atoms with E-state index in [1.54, 1.807) is 0 Å². The van der Waals surface area contributed by atoms with Crippen LogP contribution in [0, 0.1) is 0 Å². The average molecular weight is 289 g/mol. The smallest absolute Gasteiger partial charge is 0.0736 e. The molecule has 0 saturated carbocycles. The van der Waals surface area contributed by atoms with E-state index < -0.39 is 0 Å². The van der Waals surface area contributed by atoms with Gasteiger partial charge < -0.3 is 10.1 Å². The zero-order valence-electron chi connectivity index (χ0n) is 12.5. The minimum atomic E-state index is 0.322. The molecule has 0 radical (unpaired) electrons. The van der Waals surface area contributed by atoms with Crippen LogP contribution < -0.4 is 5.32 Å². The Morgan fingerprint density at radius 3 is 2.65 bits per heavy atom. The van der Waals surface area contributed by atoms with Gasteiger partial charge in [0.15, 0.2) is 0 Å². The predicted octanol–water partition coefficient (Wildman–Crippen LogP) is 5.02. The fourth-order valence-electron chi connectivity index (χ4n) is 2.12. The summed E-state index contributed by atoms with van der Waals surface area (Å²) in [5.74, 6) is 0. The Morgan fingerprint density at radius 1 is 1.15 bits per heavy atom. The van der Waals surface area contributed by atoms with Gasteiger partial charge in [0.25, 0.3) is 0 Å². The first-order valence-electron chi connectivity index (χ1n) is 7.25. The van der Waals surface area contributed by atoms with Gasteiger partial charge in [0, 0.05) is 27.6 Å². The molecular formula is C17H23NOS. The molecule has 2 aromatic rings. The summed E-state index contributed by atoms with van der Waals surface area (Å²) in [5.41, 5.74) is 2.38. The standard InChI is InChI=1S/C17H23NOS/c1-4-15-10-11-17(20-15)13(3)18-16-9-7-6-8-14(16)12-19-5-2/h6-11,13,18H,4-5,12H2,1-3H3. The van der Waals surface area contributed by atoms with Crippen molar-refractivity contribution in [2.45, 2.75) is 39.8 Å². The SMILES string of the molecule is CCOCc1ccccc1NC(C)c1ccc(CC)s1. The molecule has 2 nitrogen and oxygen atoms in total. The molecule has 1 N–H and O–H groups in total. The van der Waals surface area contributed by atoms with Gasteiger partial charge in [-0.15, -0.1) is 11.3 Å². The molecule has 0 aliphatic rings. The van der Waals surface area contributed by atoms with E-state index in [1.165, 1.54) is 21.0 Å². The molecule has 108 valence electrons. The molecule has 2 rings (SSSR count). The van der Waals surface area contributed by atoms with Gasteiger partial charge in [-0.25, -0.2) is 0 Å². The number of benzene rings is 1. The van der Waals surface area contributed by atoms with Crippen molar-refractivity contribution in [3.8, 4) is 0 Å². The molecule has 0 aliphatic carbocycles. The maximum Gasteiger partial charge on any atom is 0.0736 e. The van der Waals surface area contributed by atoms with Crippen LogP contribution in [0.15, 0.2) is 36.4 Å². The van der Waals surface area contributed by atoms with E-state index in [2.05, 4.69) is 55.6 Å². The molecule has 1 aromatic heterocycles. The van der Waals surface area contributed by atoms with Crippen molar-refractivity contribution in [3.63, 3.8) is 0 Å². The second-order valence-corrected chi connectivity index (χ2v) is 6.02. The Bertz CT molecular complexity index is 535. The third kappa shape index (κ3) is 3.84. The minimum absolute atomic E-state index is 0.322. The third-order valence-corrected chi connectivity index (χ3v) is 4.72. The first-order chi connectivity index (χ1) is 9.74. The lowest BCUT2D eigenvalue weighted by atomic mass is 10.1. The van der Waals surface area contributed by atoms with Crippen molar-refractivity contribution in [3.05, 3.63) is 51.7 Å². The summed E-state index contributed by atoms with van der Waals surface area (Å²) in [7, 11) is 0. The van der Waals surface area contributed by atoms with Crippen molar-refractivity contribution >= 4 is 17.0 Å². The lowest BCUT2D eigenvalue weighted by Crippen LogP contribution is -2.07. The summed E-state index contributed by atoms with van der Waals surface area (Å²) in [5, 5.41) is 3.60. The molecule has 0 spiro atoms. The van der Waals surface area contributed by atoms with Crippen LogP contribution in [0.4, 0.5) is 5.69 Å². The van der Waals surface area contributed by atoms with Crippen molar-refractivity contribution < 1.29 is 4.74 Å². The number of nitrogens with one attached hydrogen (secondary N) is 1. The molecule has 0 saturated heterocycles. The lowest BCUT2D eigenvalue weighted by Gasteiger charge is -2.17. The summed E-state index contributed by atoms with van der Waals surface area (Å²) in [6.07, 6.45) is 1.11. The van der Waals surface area contributed by atoms with Crippen LogP contribution in [0.5, 0.6) is 0 Å². The van der Waals surface area contributed by atoms with Gasteiger partial charge in [0.2, 0.25) is 0 Å². The maximum atomic E-state index is 5.53. The number of aryl methyl sites for hydroxylation is 1. The molecule has 1 heterocycles. The highest BCUT2D eigenvalue weighted by Crippen LogP contribution is 2.28. The second kappa shape index (κ2) is 7.46. The fourth-order valence-corrected chi connectivity index (χ4v) is 3.08. The van der Waals surface area contributed by atoms with Crippen LogP contribution in [-0.2, 0) is 17.8 Å². The molecule has 0 aliphatic heterocycles. The fraction of sp³-hybridized carbons (Fsp3) is 0.412. The van der Waals surface area contributed by atoms with Crippen LogP contribution in [0.3, 0.4) is 0 Å². The molecule has 0 amide bonds. The summed E-state index contributed by atoms with van der Waals surface area (Å²) < 4.78 is 5.53. The molecule has 3 heteroatoms. The van der Waals surface area contributed by atoms with E-state index in [9.17, 15) is 0 Å². The molecule has 1 unspecified atom stereocenters.